The largest absolute Gasteiger partial charge is 0.273 e. The summed E-state index contributed by atoms with van der Waals surface area (Å²) in [7, 11) is 0. The number of amides is 2. The Labute approximate surface area is 111 Å². The van der Waals surface area contributed by atoms with Crippen molar-refractivity contribution in [1.82, 2.24) is 10.9 Å². The van der Waals surface area contributed by atoms with Gasteiger partial charge in [0, 0.05) is 9.65 Å². The summed E-state index contributed by atoms with van der Waals surface area (Å²) in [6.45, 7) is 3.75. The van der Waals surface area contributed by atoms with E-state index in [1.165, 1.54) is 0 Å². The summed E-state index contributed by atoms with van der Waals surface area (Å²) < 4.78 is 0. The Morgan fingerprint density at radius 1 is 1.00 bits per heavy atom. The van der Waals surface area contributed by atoms with Gasteiger partial charge in [-0.1, -0.05) is 31.9 Å². The van der Waals surface area contributed by atoms with Crippen LogP contribution >= 0.6 is 31.9 Å². The van der Waals surface area contributed by atoms with Crippen molar-refractivity contribution >= 4 is 43.7 Å². The van der Waals surface area contributed by atoms with E-state index in [0.717, 1.165) is 12.8 Å². The highest BCUT2D eigenvalue weighted by Gasteiger charge is 2.57. The fraction of sp³-hybridized carbons (Fsp3) is 0.800. The smallest absolute Gasteiger partial charge is 0.245 e. The quantitative estimate of drug-likeness (QED) is 0.583. The van der Waals surface area contributed by atoms with E-state index in [9.17, 15) is 9.59 Å². The molecule has 2 aliphatic carbocycles. The lowest BCUT2D eigenvalue weighted by molar-refractivity contribution is -0.133. The molecule has 0 aromatic heterocycles. The molecule has 0 saturated heterocycles. The standard InChI is InChI=1S/C10H14Br2N2O2/c1-9(3-5(9)11)7(15)13-14-8(16)10(2)4-6(10)12/h5-6H,3-4H2,1-2H3,(H,13,15)(H,14,16)/t5-,6+,9-,10+. The van der Waals surface area contributed by atoms with Crippen molar-refractivity contribution in [3.63, 3.8) is 0 Å². The molecular formula is C10H14Br2N2O2. The molecular weight excluding hydrogens is 340 g/mol. The van der Waals surface area contributed by atoms with Crippen LogP contribution in [-0.4, -0.2) is 21.5 Å². The molecule has 0 radical (unpaired) electrons. The first-order valence-corrected chi connectivity index (χ1v) is 7.03. The van der Waals surface area contributed by atoms with Crippen LogP contribution in [0.5, 0.6) is 0 Å². The molecule has 16 heavy (non-hydrogen) atoms. The zero-order chi connectivity index (χ0) is 12.1. The number of hydrogen-bond acceptors (Lipinski definition) is 2. The Morgan fingerprint density at radius 3 is 1.44 bits per heavy atom. The summed E-state index contributed by atoms with van der Waals surface area (Å²) in [5.41, 5.74) is 4.25. The molecule has 90 valence electrons. The van der Waals surface area contributed by atoms with Crippen molar-refractivity contribution in [3.8, 4) is 0 Å². The van der Waals surface area contributed by atoms with Gasteiger partial charge in [-0.15, -0.1) is 0 Å². The van der Waals surface area contributed by atoms with Crippen LogP contribution in [0.3, 0.4) is 0 Å². The van der Waals surface area contributed by atoms with E-state index in [1.54, 1.807) is 0 Å². The third kappa shape index (κ3) is 1.90. The molecule has 2 N–H and O–H groups in total. The van der Waals surface area contributed by atoms with Gasteiger partial charge < -0.3 is 0 Å². The Balaban J connectivity index is 1.81. The van der Waals surface area contributed by atoms with Crippen LogP contribution in [0, 0.1) is 10.8 Å². The van der Waals surface area contributed by atoms with Crippen LogP contribution in [0.2, 0.25) is 0 Å². The first kappa shape index (κ1) is 12.4. The lowest BCUT2D eigenvalue weighted by atomic mass is 10.1. The highest BCUT2D eigenvalue weighted by atomic mass is 79.9. The number of nitrogens with one attached hydrogen (secondary N) is 2. The van der Waals surface area contributed by atoms with E-state index in [2.05, 4.69) is 42.7 Å². The molecule has 0 aromatic rings. The SMILES string of the molecule is C[C@@]1(C(=O)NNC(=O)[C@@]2(C)C[C@@H]2Br)C[C@H]1Br. The highest BCUT2D eigenvalue weighted by molar-refractivity contribution is 9.10. The summed E-state index contributed by atoms with van der Waals surface area (Å²) in [5, 5.41) is 0. The minimum absolute atomic E-state index is 0.127. The monoisotopic (exact) mass is 352 g/mol. The third-order valence-electron chi connectivity index (χ3n) is 3.60. The van der Waals surface area contributed by atoms with E-state index < -0.39 is 0 Å². The number of rotatable bonds is 2. The van der Waals surface area contributed by atoms with Crippen molar-refractivity contribution in [2.24, 2.45) is 10.8 Å². The fourth-order valence-corrected chi connectivity index (χ4v) is 3.26. The zero-order valence-corrected chi connectivity index (χ0v) is 12.3. The lowest BCUT2D eigenvalue weighted by Crippen LogP contribution is -2.48. The molecule has 4 nitrogen and oxygen atoms in total. The first-order chi connectivity index (χ1) is 7.30. The van der Waals surface area contributed by atoms with Crippen LogP contribution in [0.1, 0.15) is 26.7 Å². The number of carbonyl (C=O) groups excluding carboxylic acids is 2. The van der Waals surface area contributed by atoms with Crippen LogP contribution in [0.4, 0.5) is 0 Å². The summed E-state index contributed by atoms with van der Waals surface area (Å²) >= 11 is 6.79. The summed E-state index contributed by atoms with van der Waals surface area (Å²) in [6.07, 6.45) is 1.63. The zero-order valence-electron chi connectivity index (χ0n) is 9.14. The third-order valence-corrected chi connectivity index (χ3v) is 6.26. The minimum atomic E-state index is -0.370. The number of alkyl halides is 2. The van der Waals surface area contributed by atoms with Gasteiger partial charge >= 0.3 is 0 Å². The maximum absolute atomic E-state index is 11.7. The fourth-order valence-electron chi connectivity index (χ4n) is 1.50. The van der Waals surface area contributed by atoms with Crippen LogP contribution < -0.4 is 10.9 Å². The normalized spacial score (nSPS) is 44.8. The average molecular weight is 354 g/mol. The van der Waals surface area contributed by atoms with E-state index in [0.29, 0.717) is 0 Å². The van der Waals surface area contributed by atoms with Gasteiger partial charge in [0.1, 0.15) is 0 Å². The summed E-state index contributed by atoms with van der Waals surface area (Å²) in [4.78, 5) is 23.8. The van der Waals surface area contributed by atoms with E-state index >= 15 is 0 Å². The maximum Gasteiger partial charge on any atom is 0.245 e. The van der Waals surface area contributed by atoms with Gasteiger partial charge in [-0.3, -0.25) is 20.4 Å². The molecule has 2 fully saturated rings. The second kappa shape index (κ2) is 3.70. The lowest BCUT2D eigenvalue weighted by Gasteiger charge is -2.14. The molecule has 0 heterocycles. The Morgan fingerprint density at radius 2 is 1.25 bits per heavy atom. The van der Waals surface area contributed by atoms with E-state index in [-0.39, 0.29) is 32.3 Å². The molecule has 0 spiro atoms. The molecule has 0 aromatic carbocycles. The predicted octanol–water partition coefficient (Wildman–Crippen LogP) is 1.48. The van der Waals surface area contributed by atoms with Gasteiger partial charge in [-0.25, -0.2) is 0 Å². The minimum Gasteiger partial charge on any atom is -0.273 e. The Bertz CT molecular complexity index is 329. The van der Waals surface area contributed by atoms with Gasteiger partial charge in [0.2, 0.25) is 11.8 Å². The molecule has 0 unspecified atom stereocenters. The second-order valence-corrected chi connectivity index (χ2v) is 7.30. The molecule has 2 aliphatic rings. The summed E-state index contributed by atoms with van der Waals surface area (Å²) in [6, 6.07) is 0. The summed E-state index contributed by atoms with van der Waals surface area (Å²) in [5.74, 6) is -0.254. The first-order valence-electron chi connectivity index (χ1n) is 5.20. The molecule has 6 heteroatoms. The van der Waals surface area contributed by atoms with Crippen LogP contribution in [-0.2, 0) is 9.59 Å². The van der Waals surface area contributed by atoms with Crippen molar-refractivity contribution in [3.05, 3.63) is 0 Å². The Hall–Kier alpha value is -0.100. The number of hydrazine groups is 1. The maximum atomic E-state index is 11.7. The number of hydrogen-bond donors (Lipinski definition) is 2. The molecule has 2 saturated carbocycles. The number of carbonyl (C=O) groups is 2. The molecule has 2 rings (SSSR count). The van der Waals surface area contributed by atoms with Gasteiger partial charge in [0.25, 0.3) is 0 Å². The topological polar surface area (TPSA) is 58.2 Å². The van der Waals surface area contributed by atoms with Gasteiger partial charge in [0.05, 0.1) is 10.8 Å². The highest BCUT2D eigenvalue weighted by Crippen LogP contribution is 2.52. The van der Waals surface area contributed by atoms with Gasteiger partial charge in [-0.2, -0.15) is 0 Å². The molecule has 4 atom stereocenters. The van der Waals surface area contributed by atoms with E-state index in [4.69, 9.17) is 0 Å². The second-order valence-electron chi connectivity index (χ2n) is 5.09. The average Bonchev–Trinajstić information content (AvgIpc) is 3.03. The van der Waals surface area contributed by atoms with Crippen LogP contribution in [0.15, 0.2) is 0 Å². The predicted molar refractivity (Wildman–Crippen MR) is 67.2 cm³/mol. The van der Waals surface area contributed by atoms with Gasteiger partial charge in [-0.05, 0) is 26.7 Å². The van der Waals surface area contributed by atoms with E-state index in [1.807, 2.05) is 13.8 Å². The van der Waals surface area contributed by atoms with Crippen molar-refractivity contribution in [1.29, 1.82) is 0 Å². The molecule has 2 amide bonds. The van der Waals surface area contributed by atoms with Crippen LogP contribution in [0.25, 0.3) is 0 Å². The van der Waals surface area contributed by atoms with Crippen molar-refractivity contribution in [2.75, 3.05) is 0 Å². The number of halogens is 2. The van der Waals surface area contributed by atoms with Gasteiger partial charge in [0.15, 0.2) is 0 Å². The molecule has 0 aliphatic heterocycles. The van der Waals surface area contributed by atoms with Crippen molar-refractivity contribution < 1.29 is 9.59 Å². The molecule has 0 bridgehead atoms. The Kier molecular flexibility index (Phi) is 2.86. The van der Waals surface area contributed by atoms with Crippen molar-refractivity contribution in [2.45, 2.75) is 36.3 Å².